The number of rotatable bonds is 10. The van der Waals surface area contributed by atoms with Crippen LogP contribution < -0.4 is 20.7 Å². The lowest BCUT2D eigenvalue weighted by molar-refractivity contribution is -0.125. The van der Waals surface area contributed by atoms with Crippen molar-refractivity contribution in [1.82, 2.24) is 20.9 Å². The highest BCUT2D eigenvalue weighted by Gasteiger charge is 2.33. The van der Waals surface area contributed by atoms with Gasteiger partial charge in [-0.1, -0.05) is 18.9 Å². The van der Waals surface area contributed by atoms with Crippen LogP contribution in [0.15, 0.2) is 24.3 Å². The fourth-order valence-corrected chi connectivity index (χ4v) is 4.44. The Kier molecular flexibility index (Phi) is 6.14. The SMILES string of the molecule is N#CC(CC1CCNC1=O)NC(=O)C(CC1CC1)NC(=O)c1cc2c(OC3CC3)cccc2[nH]1. The molecule has 3 aliphatic rings. The van der Waals surface area contributed by atoms with Gasteiger partial charge in [0.05, 0.1) is 12.2 Å². The van der Waals surface area contributed by atoms with E-state index in [-0.39, 0.29) is 36.2 Å². The Hall–Kier alpha value is -3.54. The van der Waals surface area contributed by atoms with E-state index in [1.54, 1.807) is 6.07 Å². The van der Waals surface area contributed by atoms with Crippen molar-refractivity contribution in [3.63, 3.8) is 0 Å². The number of amides is 3. The second-order valence-corrected chi connectivity index (χ2v) is 9.63. The number of ether oxygens (including phenoxy) is 1. The van der Waals surface area contributed by atoms with Crippen molar-refractivity contribution >= 4 is 28.6 Å². The van der Waals surface area contributed by atoms with E-state index < -0.39 is 12.1 Å². The zero-order chi connectivity index (χ0) is 23.7. The number of hydrogen-bond acceptors (Lipinski definition) is 5. The normalized spacial score (nSPS) is 21.4. The molecule has 2 saturated carbocycles. The first-order valence-electron chi connectivity index (χ1n) is 12.1. The maximum Gasteiger partial charge on any atom is 0.268 e. The third-order valence-electron chi connectivity index (χ3n) is 6.73. The standard InChI is InChI=1S/C25H29N5O4/c26-13-16(11-15-8-9-27-23(15)31)28-24(32)20(10-14-4-5-14)30-25(33)21-12-18-19(29-21)2-1-3-22(18)34-17-6-7-17/h1-3,12,14-17,20,29H,4-11H2,(H,27,31)(H,28,32)(H,30,33). The zero-order valence-corrected chi connectivity index (χ0v) is 18.9. The molecule has 3 amide bonds. The fraction of sp³-hybridized carbons (Fsp3) is 0.520. The number of carbonyl (C=O) groups excluding carboxylic acids is 3. The van der Waals surface area contributed by atoms with Gasteiger partial charge in [-0.05, 0) is 56.2 Å². The first kappa shape index (κ1) is 22.3. The number of H-pyrrole nitrogens is 1. The topological polar surface area (TPSA) is 136 Å². The Morgan fingerprint density at radius 3 is 2.65 bits per heavy atom. The smallest absolute Gasteiger partial charge is 0.268 e. The molecule has 34 heavy (non-hydrogen) atoms. The molecule has 0 spiro atoms. The Morgan fingerprint density at radius 2 is 1.97 bits per heavy atom. The predicted molar refractivity (Wildman–Crippen MR) is 124 cm³/mol. The Morgan fingerprint density at radius 1 is 1.15 bits per heavy atom. The molecule has 9 nitrogen and oxygen atoms in total. The quantitative estimate of drug-likeness (QED) is 0.428. The number of nitriles is 1. The van der Waals surface area contributed by atoms with E-state index in [1.165, 1.54) is 0 Å². The molecule has 178 valence electrons. The summed E-state index contributed by atoms with van der Waals surface area (Å²) in [5.74, 6) is 0.00645. The van der Waals surface area contributed by atoms with Gasteiger partial charge in [0.2, 0.25) is 11.8 Å². The fourth-order valence-electron chi connectivity index (χ4n) is 4.44. The third-order valence-corrected chi connectivity index (χ3v) is 6.73. The average Bonchev–Trinajstić information content (AvgIpc) is 3.74. The molecule has 1 saturated heterocycles. The van der Waals surface area contributed by atoms with Crippen molar-refractivity contribution in [2.45, 2.75) is 63.1 Å². The molecular weight excluding hydrogens is 434 g/mol. The molecule has 2 aliphatic carbocycles. The van der Waals surface area contributed by atoms with Gasteiger partial charge in [-0.3, -0.25) is 14.4 Å². The van der Waals surface area contributed by atoms with E-state index in [9.17, 15) is 19.6 Å². The van der Waals surface area contributed by atoms with Crippen LogP contribution in [-0.4, -0.2) is 47.4 Å². The van der Waals surface area contributed by atoms with E-state index in [1.807, 2.05) is 18.2 Å². The van der Waals surface area contributed by atoms with Crippen LogP contribution in [0.2, 0.25) is 0 Å². The number of aromatic amines is 1. The van der Waals surface area contributed by atoms with Gasteiger partial charge in [-0.2, -0.15) is 5.26 Å². The van der Waals surface area contributed by atoms with Gasteiger partial charge in [-0.15, -0.1) is 0 Å². The molecule has 3 unspecified atom stereocenters. The van der Waals surface area contributed by atoms with Gasteiger partial charge in [0, 0.05) is 23.4 Å². The first-order valence-corrected chi connectivity index (χ1v) is 12.1. The molecule has 0 bridgehead atoms. The lowest BCUT2D eigenvalue weighted by Gasteiger charge is -2.21. The van der Waals surface area contributed by atoms with Crippen molar-refractivity contribution < 1.29 is 19.1 Å². The number of aromatic nitrogens is 1. The van der Waals surface area contributed by atoms with Crippen molar-refractivity contribution in [1.29, 1.82) is 5.26 Å². The lowest BCUT2D eigenvalue weighted by atomic mass is 9.98. The van der Waals surface area contributed by atoms with Crippen molar-refractivity contribution in [3.8, 4) is 11.8 Å². The molecule has 4 N–H and O–H groups in total. The monoisotopic (exact) mass is 463 g/mol. The Bertz CT molecular complexity index is 1140. The van der Waals surface area contributed by atoms with Crippen molar-refractivity contribution in [3.05, 3.63) is 30.0 Å². The number of nitrogens with one attached hydrogen (secondary N) is 4. The number of benzene rings is 1. The summed E-state index contributed by atoms with van der Waals surface area (Å²) >= 11 is 0. The van der Waals surface area contributed by atoms with Crippen LogP contribution in [0.5, 0.6) is 5.75 Å². The summed E-state index contributed by atoms with van der Waals surface area (Å²) in [6, 6.07) is 7.98. The van der Waals surface area contributed by atoms with Gasteiger partial charge in [0.1, 0.15) is 23.5 Å². The minimum absolute atomic E-state index is 0.0822. The third kappa shape index (κ3) is 5.16. The van der Waals surface area contributed by atoms with E-state index in [2.05, 4.69) is 27.0 Å². The summed E-state index contributed by atoms with van der Waals surface area (Å²) in [7, 11) is 0. The Balaban J connectivity index is 1.26. The second-order valence-electron chi connectivity index (χ2n) is 9.63. The Labute approximate surface area is 197 Å². The lowest BCUT2D eigenvalue weighted by Crippen LogP contribution is -2.50. The maximum absolute atomic E-state index is 13.1. The molecule has 2 aromatic rings. The molecule has 0 radical (unpaired) electrons. The highest BCUT2D eigenvalue weighted by Crippen LogP contribution is 2.34. The second kappa shape index (κ2) is 9.37. The zero-order valence-electron chi connectivity index (χ0n) is 18.9. The maximum atomic E-state index is 13.1. The van der Waals surface area contributed by atoms with Crippen LogP contribution in [-0.2, 0) is 9.59 Å². The van der Waals surface area contributed by atoms with Gasteiger partial charge in [0.25, 0.3) is 5.91 Å². The molecule has 3 fully saturated rings. The highest BCUT2D eigenvalue weighted by molar-refractivity contribution is 6.01. The van der Waals surface area contributed by atoms with E-state index in [0.717, 1.165) is 42.3 Å². The van der Waals surface area contributed by atoms with Crippen LogP contribution in [0.1, 0.15) is 55.4 Å². The van der Waals surface area contributed by atoms with Crippen LogP contribution in [0.4, 0.5) is 0 Å². The van der Waals surface area contributed by atoms with Crippen molar-refractivity contribution in [2.75, 3.05) is 6.54 Å². The minimum Gasteiger partial charge on any atom is -0.490 e. The molecule has 5 rings (SSSR count). The van der Waals surface area contributed by atoms with Crippen LogP contribution in [0.3, 0.4) is 0 Å². The summed E-state index contributed by atoms with van der Waals surface area (Å²) in [6.45, 7) is 0.591. The van der Waals surface area contributed by atoms with Crippen LogP contribution >= 0.6 is 0 Å². The summed E-state index contributed by atoms with van der Waals surface area (Å²) in [6.07, 6.45) is 5.83. The molecule has 1 aliphatic heterocycles. The molecule has 9 heteroatoms. The van der Waals surface area contributed by atoms with Gasteiger partial charge < -0.3 is 25.7 Å². The first-order chi connectivity index (χ1) is 16.5. The van der Waals surface area contributed by atoms with E-state index in [0.29, 0.717) is 31.0 Å². The van der Waals surface area contributed by atoms with E-state index >= 15 is 0 Å². The number of nitrogens with zero attached hydrogens (tertiary/aromatic N) is 1. The number of fused-ring (bicyclic) bond motifs is 1. The predicted octanol–water partition coefficient (Wildman–Crippen LogP) is 2.14. The number of hydrogen-bond donors (Lipinski definition) is 4. The number of carbonyl (C=O) groups is 3. The highest BCUT2D eigenvalue weighted by atomic mass is 16.5. The minimum atomic E-state index is -0.782. The molecule has 1 aromatic carbocycles. The summed E-state index contributed by atoms with van der Waals surface area (Å²) in [5, 5.41) is 18.7. The van der Waals surface area contributed by atoms with Gasteiger partial charge >= 0.3 is 0 Å². The summed E-state index contributed by atoms with van der Waals surface area (Å²) < 4.78 is 5.96. The van der Waals surface area contributed by atoms with Crippen molar-refractivity contribution in [2.24, 2.45) is 11.8 Å². The molecular formula is C25H29N5O4. The summed E-state index contributed by atoms with van der Waals surface area (Å²) in [5.41, 5.74) is 1.15. The average molecular weight is 464 g/mol. The van der Waals surface area contributed by atoms with E-state index in [4.69, 9.17) is 4.74 Å². The van der Waals surface area contributed by atoms with Crippen LogP contribution in [0.25, 0.3) is 10.9 Å². The largest absolute Gasteiger partial charge is 0.490 e. The molecule has 1 aromatic heterocycles. The molecule has 3 atom stereocenters. The summed E-state index contributed by atoms with van der Waals surface area (Å²) in [4.78, 5) is 41.1. The molecule has 2 heterocycles. The van der Waals surface area contributed by atoms with Crippen LogP contribution in [0, 0.1) is 23.2 Å². The van der Waals surface area contributed by atoms with Gasteiger partial charge in [-0.25, -0.2) is 0 Å². The van der Waals surface area contributed by atoms with Gasteiger partial charge in [0.15, 0.2) is 0 Å².